The van der Waals surface area contributed by atoms with Gasteiger partial charge in [0.25, 0.3) is 5.91 Å². The lowest BCUT2D eigenvalue weighted by Gasteiger charge is -2.23. The third-order valence-electron chi connectivity index (χ3n) is 3.68. The predicted octanol–water partition coefficient (Wildman–Crippen LogP) is 2.72. The highest BCUT2D eigenvalue weighted by Gasteiger charge is 2.18. The molecule has 2 aromatic carbocycles. The zero-order chi connectivity index (χ0) is 17.7. The van der Waals surface area contributed by atoms with Gasteiger partial charge in [0.1, 0.15) is 0 Å². The van der Waals surface area contributed by atoms with Crippen LogP contribution in [0.15, 0.2) is 48.5 Å². The van der Waals surface area contributed by atoms with Gasteiger partial charge in [-0.25, -0.2) is 0 Å². The van der Waals surface area contributed by atoms with E-state index in [0.29, 0.717) is 16.8 Å². The fourth-order valence-corrected chi connectivity index (χ4v) is 2.37. The third kappa shape index (κ3) is 4.29. The van der Waals surface area contributed by atoms with E-state index in [2.05, 4.69) is 0 Å². The third-order valence-corrected chi connectivity index (χ3v) is 3.68. The van der Waals surface area contributed by atoms with E-state index >= 15 is 0 Å². The number of amides is 2. The molecule has 0 heterocycles. The lowest BCUT2D eigenvalue weighted by atomic mass is 10.1. The minimum absolute atomic E-state index is 0.0572. The topological polar surface area (TPSA) is 80.5 Å². The second kappa shape index (κ2) is 7.55. The van der Waals surface area contributed by atoms with E-state index in [1.807, 2.05) is 31.2 Å². The highest BCUT2D eigenvalue weighted by atomic mass is 16.2. The summed E-state index contributed by atoms with van der Waals surface area (Å²) in [7, 11) is 0. The number of primary amides is 1. The summed E-state index contributed by atoms with van der Waals surface area (Å²) in [6, 6.07) is 14.0. The Morgan fingerprint density at radius 3 is 2.17 bits per heavy atom. The second-order valence-electron chi connectivity index (χ2n) is 5.65. The maximum Gasteiger partial charge on any atom is 0.258 e. The number of hydrogen-bond donors (Lipinski definition) is 1. The number of benzene rings is 2. The van der Waals surface area contributed by atoms with E-state index in [4.69, 9.17) is 5.73 Å². The minimum atomic E-state index is -0.465. The van der Waals surface area contributed by atoms with Crippen molar-refractivity contribution in [3.8, 4) is 0 Å². The van der Waals surface area contributed by atoms with Crippen molar-refractivity contribution in [2.45, 2.75) is 20.3 Å². The second-order valence-corrected chi connectivity index (χ2v) is 5.65. The molecule has 2 amide bonds. The lowest BCUT2D eigenvalue weighted by Crippen LogP contribution is -2.34. The van der Waals surface area contributed by atoms with Gasteiger partial charge < -0.3 is 10.6 Å². The van der Waals surface area contributed by atoms with Crippen LogP contribution in [0.1, 0.15) is 39.6 Å². The molecule has 0 spiro atoms. The molecule has 0 bridgehead atoms. The van der Waals surface area contributed by atoms with Crippen LogP contribution in [-0.2, 0) is 4.79 Å². The molecule has 0 aromatic heterocycles. The average Bonchev–Trinajstić information content (AvgIpc) is 2.54. The molecule has 5 nitrogen and oxygen atoms in total. The van der Waals surface area contributed by atoms with Crippen LogP contribution < -0.4 is 10.6 Å². The van der Waals surface area contributed by atoms with Crippen LogP contribution in [-0.4, -0.2) is 24.1 Å². The Morgan fingerprint density at radius 2 is 1.62 bits per heavy atom. The van der Waals surface area contributed by atoms with Gasteiger partial charge in [0, 0.05) is 29.8 Å². The maximum atomic E-state index is 12.8. The van der Waals surface area contributed by atoms with E-state index in [0.717, 1.165) is 5.56 Å². The Balaban J connectivity index is 2.33. The van der Waals surface area contributed by atoms with Gasteiger partial charge in [0.05, 0.1) is 0 Å². The molecular formula is C19H20N2O3. The van der Waals surface area contributed by atoms with Crippen molar-refractivity contribution < 1.29 is 14.4 Å². The first kappa shape index (κ1) is 17.4. The number of ketones is 1. The Hall–Kier alpha value is -2.95. The van der Waals surface area contributed by atoms with Gasteiger partial charge in [-0.05, 0) is 43.7 Å². The van der Waals surface area contributed by atoms with Gasteiger partial charge in [-0.1, -0.05) is 24.3 Å². The number of nitrogens with two attached hydrogens (primary N) is 1. The van der Waals surface area contributed by atoms with Crippen molar-refractivity contribution in [2.75, 3.05) is 11.4 Å². The molecule has 0 unspecified atom stereocenters. The molecule has 0 fully saturated rings. The summed E-state index contributed by atoms with van der Waals surface area (Å²) in [5, 5.41) is 0. The number of nitrogens with zero attached hydrogens (tertiary/aromatic N) is 1. The molecule has 0 aliphatic rings. The highest BCUT2D eigenvalue weighted by Crippen LogP contribution is 2.19. The van der Waals surface area contributed by atoms with Crippen LogP contribution >= 0.6 is 0 Å². The summed E-state index contributed by atoms with van der Waals surface area (Å²) < 4.78 is 0. The molecule has 2 rings (SSSR count). The van der Waals surface area contributed by atoms with Crippen LogP contribution in [0, 0.1) is 6.92 Å². The molecule has 0 saturated heterocycles. The van der Waals surface area contributed by atoms with Crippen molar-refractivity contribution in [1.82, 2.24) is 0 Å². The van der Waals surface area contributed by atoms with Gasteiger partial charge in [-0.3, -0.25) is 14.4 Å². The van der Waals surface area contributed by atoms with Gasteiger partial charge in [-0.2, -0.15) is 0 Å². The molecule has 124 valence electrons. The summed E-state index contributed by atoms with van der Waals surface area (Å²) in [5.41, 5.74) is 7.94. The fourth-order valence-electron chi connectivity index (χ4n) is 2.37. The number of carbonyl (C=O) groups is 3. The van der Waals surface area contributed by atoms with Crippen molar-refractivity contribution in [1.29, 1.82) is 0 Å². The van der Waals surface area contributed by atoms with Gasteiger partial charge in [0.15, 0.2) is 5.78 Å². The van der Waals surface area contributed by atoms with E-state index < -0.39 is 5.91 Å². The summed E-state index contributed by atoms with van der Waals surface area (Å²) in [5.74, 6) is -0.761. The van der Waals surface area contributed by atoms with Crippen molar-refractivity contribution >= 4 is 23.3 Å². The molecule has 0 aliphatic heterocycles. The normalized spacial score (nSPS) is 10.2. The van der Waals surface area contributed by atoms with Crippen LogP contribution in [0.3, 0.4) is 0 Å². The SMILES string of the molecule is CC(=O)c1ccc(C(=O)N(CCC(N)=O)c2cccc(C)c2)cc1. The van der Waals surface area contributed by atoms with Crippen LogP contribution in [0.2, 0.25) is 0 Å². The molecule has 0 radical (unpaired) electrons. The summed E-state index contributed by atoms with van der Waals surface area (Å²) in [4.78, 5) is 36.8. The van der Waals surface area contributed by atoms with E-state index in [-0.39, 0.29) is 24.7 Å². The van der Waals surface area contributed by atoms with Gasteiger partial charge in [0.2, 0.25) is 5.91 Å². The summed E-state index contributed by atoms with van der Waals surface area (Å²) in [6.07, 6.45) is 0.0746. The number of rotatable bonds is 6. The van der Waals surface area contributed by atoms with E-state index in [1.54, 1.807) is 24.3 Å². The van der Waals surface area contributed by atoms with Crippen LogP contribution in [0.4, 0.5) is 5.69 Å². The van der Waals surface area contributed by atoms with E-state index in [9.17, 15) is 14.4 Å². The molecule has 2 aromatic rings. The Bertz CT molecular complexity index is 766. The number of aryl methyl sites for hydroxylation is 1. The molecular weight excluding hydrogens is 304 g/mol. The summed E-state index contributed by atoms with van der Waals surface area (Å²) >= 11 is 0. The smallest absolute Gasteiger partial charge is 0.258 e. The van der Waals surface area contributed by atoms with Gasteiger partial charge in [-0.15, -0.1) is 0 Å². The first-order chi connectivity index (χ1) is 11.4. The largest absolute Gasteiger partial charge is 0.370 e. The molecule has 24 heavy (non-hydrogen) atoms. The molecule has 0 atom stereocenters. The molecule has 5 heteroatoms. The minimum Gasteiger partial charge on any atom is -0.370 e. The first-order valence-electron chi connectivity index (χ1n) is 7.66. The maximum absolute atomic E-state index is 12.8. The number of anilines is 1. The zero-order valence-corrected chi connectivity index (χ0v) is 13.8. The number of carbonyl (C=O) groups excluding carboxylic acids is 3. The Kier molecular flexibility index (Phi) is 5.47. The Morgan fingerprint density at radius 1 is 1.00 bits per heavy atom. The highest BCUT2D eigenvalue weighted by molar-refractivity contribution is 6.07. The van der Waals surface area contributed by atoms with E-state index in [1.165, 1.54) is 11.8 Å². The van der Waals surface area contributed by atoms with Crippen LogP contribution in [0.5, 0.6) is 0 Å². The monoisotopic (exact) mass is 324 g/mol. The predicted molar refractivity (Wildman–Crippen MR) is 93.1 cm³/mol. The quantitative estimate of drug-likeness (QED) is 0.830. The molecule has 0 aliphatic carbocycles. The fraction of sp³-hybridized carbons (Fsp3) is 0.211. The van der Waals surface area contributed by atoms with Crippen molar-refractivity contribution in [3.05, 3.63) is 65.2 Å². The van der Waals surface area contributed by atoms with Gasteiger partial charge >= 0.3 is 0 Å². The number of hydrogen-bond acceptors (Lipinski definition) is 3. The summed E-state index contributed by atoms with van der Waals surface area (Å²) in [6.45, 7) is 3.61. The zero-order valence-electron chi connectivity index (χ0n) is 13.8. The average molecular weight is 324 g/mol. The standard InChI is InChI=1S/C19H20N2O3/c1-13-4-3-5-17(12-13)21(11-10-18(20)23)19(24)16-8-6-15(7-9-16)14(2)22/h3-9,12H,10-11H2,1-2H3,(H2,20,23). The molecule has 0 saturated carbocycles. The lowest BCUT2D eigenvalue weighted by molar-refractivity contribution is -0.117. The van der Waals surface area contributed by atoms with Crippen molar-refractivity contribution in [3.63, 3.8) is 0 Å². The first-order valence-corrected chi connectivity index (χ1v) is 7.66. The van der Waals surface area contributed by atoms with Crippen molar-refractivity contribution in [2.24, 2.45) is 5.73 Å². The van der Waals surface area contributed by atoms with Crippen LogP contribution in [0.25, 0.3) is 0 Å². The number of Topliss-reactive ketones (excluding diaryl/α,β-unsaturated/α-hetero) is 1. The Labute approximate surface area is 141 Å². The molecule has 2 N–H and O–H groups in total.